The lowest BCUT2D eigenvalue weighted by atomic mass is 10.2. The van der Waals surface area contributed by atoms with Gasteiger partial charge in [-0.3, -0.25) is 0 Å². The average Bonchev–Trinajstić information content (AvgIpc) is 2.33. The highest BCUT2D eigenvalue weighted by atomic mass is 14.9. The molecule has 0 atom stereocenters. The maximum Gasteiger partial charge on any atom is 0.0856 e. The molecule has 3 N–H and O–H groups in total. The Labute approximate surface area is 105 Å². The molecule has 0 aliphatic heterocycles. The van der Waals surface area contributed by atoms with Crippen molar-refractivity contribution in [1.29, 1.82) is 0 Å². The highest BCUT2D eigenvalue weighted by molar-refractivity contribution is 5.56. The Bertz CT molecular complexity index is 319. The predicted molar refractivity (Wildman–Crippen MR) is 77.4 cm³/mol. The third-order valence-corrected chi connectivity index (χ3v) is 1.49. The van der Waals surface area contributed by atoms with Crippen LogP contribution in [0.15, 0.2) is 37.4 Å². The summed E-state index contributed by atoms with van der Waals surface area (Å²) >= 11 is 0. The lowest BCUT2D eigenvalue weighted by Gasteiger charge is -2.02. The molecule has 0 bridgehead atoms. The highest BCUT2D eigenvalue weighted by Crippen LogP contribution is 2.04. The summed E-state index contributed by atoms with van der Waals surface area (Å²) in [6.07, 6.45) is 1.75. The molecule has 0 radical (unpaired) electrons. The Morgan fingerprint density at radius 2 is 2.00 bits per heavy atom. The van der Waals surface area contributed by atoms with Crippen molar-refractivity contribution in [3.8, 4) is 0 Å². The maximum absolute atomic E-state index is 5.50. The minimum absolute atomic E-state index is 0.507. The first-order valence-electron chi connectivity index (χ1n) is 5.78. The first-order chi connectivity index (χ1) is 8.15. The molecule has 1 rings (SSSR count). The van der Waals surface area contributed by atoms with Crippen LogP contribution in [0.25, 0.3) is 5.70 Å². The van der Waals surface area contributed by atoms with Gasteiger partial charge in [-0.2, -0.15) is 0 Å². The molecule has 3 nitrogen and oxygen atoms in total. The van der Waals surface area contributed by atoms with E-state index in [2.05, 4.69) is 23.5 Å². The molecular weight excluding hydrogens is 210 g/mol. The fourth-order valence-corrected chi connectivity index (χ4v) is 0.938. The molecule has 17 heavy (non-hydrogen) atoms. The Morgan fingerprint density at radius 3 is 2.41 bits per heavy atom. The van der Waals surface area contributed by atoms with Crippen LogP contribution >= 0.6 is 0 Å². The largest absolute Gasteiger partial charge is 0.397 e. The van der Waals surface area contributed by atoms with Gasteiger partial charge in [-0.1, -0.05) is 32.6 Å². The second kappa shape index (κ2) is 12.5. The van der Waals surface area contributed by atoms with Gasteiger partial charge in [-0.25, -0.2) is 4.98 Å². The van der Waals surface area contributed by atoms with Crippen LogP contribution in [-0.4, -0.2) is 12.0 Å². The number of rotatable bonds is 3. The number of hydrogen-bond acceptors (Lipinski definition) is 3. The molecule has 3 heteroatoms. The van der Waals surface area contributed by atoms with Crippen molar-refractivity contribution >= 4 is 5.70 Å². The molecule has 0 aliphatic carbocycles. The van der Waals surface area contributed by atoms with E-state index in [1.165, 1.54) is 0 Å². The molecule has 0 saturated heterocycles. The fraction of sp³-hybridized carbons (Fsp3) is 0.357. The van der Waals surface area contributed by atoms with Crippen LogP contribution in [0, 0.1) is 0 Å². The predicted octanol–water partition coefficient (Wildman–Crippen LogP) is 2.95. The molecule has 0 aromatic carbocycles. The average molecular weight is 235 g/mol. The summed E-state index contributed by atoms with van der Waals surface area (Å²) in [5.74, 6) is 0. The van der Waals surface area contributed by atoms with E-state index in [-0.39, 0.29) is 0 Å². The van der Waals surface area contributed by atoms with Gasteiger partial charge in [0.1, 0.15) is 0 Å². The van der Waals surface area contributed by atoms with Gasteiger partial charge in [-0.05, 0) is 26.1 Å². The van der Waals surface area contributed by atoms with Crippen molar-refractivity contribution in [2.45, 2.75) is 27.3 Å². The van der Waals surface area contributed by atoms with E-state index in [1.54, 1.807) is 6.08 Å². The third-order valence-electron chi connectivity index (χ3n) is 1.49. The van der Waals surface area contributed by atoms with E-state index >= 15 is 0 Å². The molecule has 96 valence electrons. The smallest absolute Gasteiger partial charge is 0.0856 e. The number of hydrogen-bond donors (Lipinski definition) is 2. The molecular formula is C14H25N3. The van der Waals surface area contributed by atoms with E-state index in [1.807, 2.05) is 46.0 Å². The van der Waals surface area contributed by atoms with Crippen LogP contribution in [0.3, 0.4) is 0 Å². The molecule has 1 aromatic heterocycles. The summed E-state index contributed by atoms with van der Waals surface area (Å²) in [7, 11) is 1.88. The Kier molecular flexibility index (Phi) is 13.0. The summed E-state index contributed by atoms with van der Waals surface area (Å²) in [5.41, 5.74) is 7.74. The lowest BCUT2D eigenvalue weighted by Crippen LogP contribution is -2.08. The number of nitrogens with zero attached hydrogens (tertiary/aromatic N) is 1. The fourth-order valence-electron chi connectivity index (χ4n) is 0.938. The van der Waals surface area contributed by atoms with Gasteiger partial charge in [0, 0.05) is 6.54 Å². The van der Waals surface area contributed by atoms with Gasteiger partial charge in [0.15, 0.2) is 0 Å². The van der Waals surface area contributed by atoms with Crippen LogP contribution in [0.2, 0.25) is 0 Å². The van der Waals surface area contributed by atoms with E-state index in [0.717, 1.165) is 17.9 Å². The quantitative estimate of drug-likeness (QED) is 0.792. The van der Waals surface area contributed by atoms with Gasteiger partial charge < -0.3 is 11.1 Å². The summed E-state index contributed by atoms with van der Waals surface area (Å²) < 4.78 is 0. The van der Waals surface area contributed by atoms with Gasteiger partial charge in [0.25, 0.3) is 0 Å². The maximum atomic E-state index is 5.50. The van der Waals surface area contributed by atoms with Gasteiger partial charge >= 0.3 is 0 Å². The molecule has 0 unspecified atom stereocenters. The zero-order valence-electron chi connectivity index (χ0n) is 11.5. The van der Waals surface area contributed by atoms with E-state index in [9.17, 15) is 0 Å². The SMILES string of the molecule is C=C(N)c1cccc(CNC)n1.C=CC.CC. The minimum atomic E-state index is 0.507. The number of nitrogens with one attached hydrogen (secondary N) is 1. The first kappa shape index (κ1) is 17.8. The van der Waals surface area contributed by atoms with Crippen LogP contribution in [0.4, 0.5) is 0 Å². The van der Waals surface area contributed by atoms with Crippen LogP contribution in [0.1, 0.15) is 32.2 Å². The Morgan fingerprint density at radius 1 is 1.47 bits per heavy atom. The van der Waals surface area contributed by atoms with Gasteiger partial charge in [0.05, 0.1) is 17.1 Å². The van der Waals surface area contributed by atoms with Crippen LogP contribution in [-0.2, 0) is 6.54 Å². The zero-order chi connectivity index (χ0) is 13.7. The topological polar surface area (TPSA) is 50.9 Å². The molecule has 0 saturated carbocycles. The second-order valence-corrected chi connectivity index (χ2v) is 2.98. The molecule has 0 amide bonds. The highest BCUT2D eigenvalue weighted by Gasteiger charge is 1.96. The normalized spacial score (nSPS) is 8.00. The van der Waals surface area contributed by atoms with E-state index in [0.29, 0.717) is 5.70 Å². The number of pyridine rings is 1. The summed E-state index contributed by atoms with van der Waals surface area (Å²) in [6.45, 7) is 13.6. The lowest BCUT2D eigenvalue weighted by molar-refractivity contribution is 0.789. The molecule has 0 aliphatic rings. The van der Waals surface area contributed by atoms with Crippen LogP contribution in [0.5, 0.6) is 0 Å². The van der Waals surface area contributed by atoms with Crippen molar-refractivity contribution in [3.63, 3.8) is 0 Å². The molecule has 1 aromatic rings. The Balaban J connectivity index is 0. The van der Waals surface area contributed by atoms with Crippen molar-refractivity contribution < 1.29 is 0 Å². The molecule has 1 heterocycles. The van der Waals surface area contributed by atoms with Gasteiger partial charge in [-0.15, -0.1) is 6.58 Å². The summed E-state index contributed by atoms with van der Waals surface area (Å²) in [6, 6.07) is 5.72. The zero-order valence-corrected chi connectivity index (χ0v) is 11.5. The molecule has 0 spiro atoms. The second-order valence-electron chi connectivity index (χ2n) is 2.98. The van der Waals surface area contributed by atoms with Crippen LogP contribution < -0.4 is 11.1 Å². The van der Waals surface area contributed by atoms with Crippen molar-refractivity contribution in [3.05, 3.63) is 48.8 Å². The van der Waals surface area contributed by atoms with Crippen molar-refractivity contribution in [2.75, 3.05) is 7.05 Å². The number of nitrogens with two attached hydrogens (primary N) is 1. The minimum Gasteiger partial charge on any atom is -0.397 e. The van der Waals surface area contributed by atoms with E-state index < -0.39 is 0 Å². The monoisotopic (exact) mass is 235 g/mol. The van der Waals surface area contributed by atoms with Crippen molar-refractivity contribution in [2.24, 2.45) is 5.73 Å². The van der Waals surface area contributed by atoms with Crippen molar-refractivity contribution in [1.82, 2.24) is 10.3 Å². The number of aromatic nitrogens is 1. The van der Waals surface area contributed by atoms with Gasteiger partial charge in [0.2, 0.25) is 0 Å². The molecule has 0 fully saturated rings. The summed E-state index contributed by atoms with van der Waals surface area (Å²) in [4.78, 5) is 4.27. The third kappa shape index (κ3) is 9.33. The first-order valence-corrected chi connectivity index (χ1v) is 5.78. The number of allylic oxidation sites excluding steroid dienone is 1. The van der Waals surface area contributed by atoms with E-state index in [4.69, 9.17) is 5.73 Å². The standard InChI is InChI=1S/C9H13N3.C3H6.C2H6/c1-7(10)9-5-3-4-8(12-9)6-11-2;1-3-2;1-2/h3-5,11H,1,6,10H2,2H3;3H,1H2,2H3;1-2H3. The Hall–Kier alpha value is -1.61. The summed E-state index contributed by atoms with van der Waals surface area (Å²) in [5, 5.41) is 3.02.